The van der Waals surface area contributed by atoms with Crippen molar-refractivity contribution in [1.82, 2.24) is 14.9 Å². The number of hydrogen-bond donors (Lipinski definition) is 1. The average molecular weight is 464 g/mol. The molecule has 0 saturated heterocycles. The lowest BCUT2D eigenvalue weighted by atomic mass is 9.87. The van der Waals surface area contributed by atoms with Gasteiger partial charge in [0, 0.05) is 34.8 Å². The van der Waals surface area contributed by atoms with Gasteiger partial charge in [-0.25, -0.2) is 16.5 Å². The molecule has 0 saturated carbocycles. The maximum absolute atomic E-state index is 12.8. The first-order valence-corrected chi connectivity index (χ1v) is 12.1. The van der Waals surface area contributed by atoms with Gasteiger partial charge in [0.1, 0.15) is 17.0 Å². The van der Waals surface area contributed by atoms with E-state index in [9.17, 15) is 9.59 Å². The van der Waals surface area contributed by atoms with Crippen LogP contribution in [-0.2, 0) is 28.9 Å². The Kier molecular flexibility index (Phi) is 5.57. The second-order valence-electron chi connectivity index (χ2n) is 8.09. The van der Waals surface area contributed by atoms with Gasteiger partial charge in [0.2, 0.25) is 12.5 Å². The number of fused-ring (bicyclic) bond motifs is 4. The molecule has 2 aromatic heterocycles. The summed E-state index contributed by atoms with van der Waals surface area (Å²) >= 11 is 2.93. The molecular weight excluding hydrogens is 442 g/mol. The first-order valence-electron chi connectivity index (χ1n) is 10.5. The van der Waals surface area contributed by atoms with Crippen molar-refractivity contribution < 1.29 is 9.59 Å². The van der Waals surface area contributed by atoms with Crippen LogP contribution in [-0.4, -0.2) is 46.0 Å². The number of anilines is 2. The fourth-order valence-corrected chi connectivity index (χ4v) is 6.56. The van der Waals surface area contributed by atoms with Gasteiger partial charge in [-0.1, -0.05) is 17.8 Å². The third-order valence-electron chi connectivity index (χ3n) is 6.01. The summed E-state index contributed by atoms with van der Waals surface area (Å²) in [7, 11) is 1.78. The number of benzene rings is 1. The van der Waals surface area contributed by atoms with Crippen molar-refractivity contribution >= 4 is 55.8 Å². The van der Waals surface area contributed by atoms with Crippen LogP contribution in [0.1, 0.15) is 22.4 Å². The summed E-state index contributed by atoms with van der Waals surface area (Å²) in [5.41, 5.74) is 3.20. The number of thioether (sulfide) groups is 1. The van der Waals surface area contributed by atoms with Crippen LogP contribution < -0.4 is 5.32 Å². The molecule has 1 aliphatic carbocycles. The third-order valence-corrected chi connectivity index (χ3v) is 8.14. The number of carbonyl (C=O) groups is 2. The second-order valence-corrected chi connectivity index (χ2v) is 10.3. The maximum Gasteiger partial charge on any atom is 0.231 e. The Balaban J connectivity index is 1.41. The molecule has 0 spiro atoms. The SMILES string of the molecule is [C-]#[N+]CCN(C)C(=O)C1CCc2c(sc3ncnc(Nc4ccc5c(c4)SC(=O)C5)c23)C1. The number of likely N-dealkylation sites (N-methyl/N-ethyl adjacent to an activating group) is 1. The van der Waals surface area contributed by atoms with Crippen molar-refractivity contribution in [2.75, 3.05) is 25.5 Å². The van der Waals surface area contributed by atoms with Gasteiger partial charge in [-0.3, -0.25) is 9.59 Å². The molecule has 1 aliphatic heterocycles. The van der Waals surface area contributed by atoms with Gasteiger partial charge < -0.3 is 15.1 Å². The quantitative estimate of drug-likeness (QED) is 0.574. The van der Waals surface area contributed by atoms with E-state index in [-0.39, 0.29) is 16.9 Å². The Morgan fingerprint density at radius 1 is 1.38 bits per heavy atom. The highest BCUT2D eigenvalue weighted by Gasteiger charge is 2.31. The van der Waals surface area contributed by atoms with E-state index >= 15 is 0 Å². The molecule has 5 rings (SSSR count). The van der Waals surface area contributed by atoms with Gasteiger partial charge in [-0.2, -0.15) is 0 Å². The van der Waals surface area contributed by atoms with E-state index in [0.29, 0.717) is 25.9 Å². The van der Waals surface area contributed by atoms with Crippen LogP contribution in [0.3, 0.4) is 0 Å². The number of hydrogen-bond acceptors (Lipinski definition) is 7. The fourth-order valence-electron chi connectivity index (χ4n) is 4.36. The Labute approximate surface area is 194 Å². The smallest absolute Gasteiger partial charge is 0.231 e. The zero-order chi connectivity index (χ0) is 22.2. The van der Waals surface area contributed by atoms with Crippen LogP contribution in [0, 0.1) is 12.5 Å². The van der Waals surface area contributed by atoms with E-state index in [1.165, 1.54) is 22.2 Å². The summed E-state index contributed by atoms with van der Waals surface area (Å²) in [5, 5.41) is 4.64. The van der Waals surface area contributed by atoms with Crippen molar-refractivity contribution in [2.45, 2.75) is 30.6 Å². The molecule has 0 radical (unpaired) electrons. The highest BCUT2D eigenvalue weighted by Crippen LogP contribution is 2.41. The van der Waals surface area contributed by atoms with Crippen LogP contribution in [0.2, 0.25) is 0 Å². The van der Waals surface area contributed by atoms with Gasteiger partial charge in [-0.05, 0) is 42.5 Å². The molecule has 1 aromatic carbocycles. The largest absolute Gasteiger partial charge is 0.340 e. The van der Waals surface area contributed by atoms with Gasteiger partial charge in [0.15, 0.2) is 5.12 Å². The number of rotatable bonds is 5. The van der Waals surface area contributed by atoms with Crippen LogP contribution in [0.5, 0.6) is 0 Å². The molecule has 32 heavy (non-hydrogen) atoms. The number of thiophene rings is 1. The second kappa shape index (κ2) is 8.52. The van der Waals surface area contributed by atoms with E-state index < -0.39 is 0 Å². The number of aryl methyl sites for hydroxylation is 1. The van der Waals surface area contributed by atoms with Crippen LogP contribution in [0.25, 0.3) is 15.1 Å². The molecule has 3 heterocycles. The van der Waals surface area contributed by atoms with Crippen molar-refractivity contribution in [3.05, 3.63) is 51.9 Å². The zero-order valence-corrected chi connectivity index (χ0v) is 19.2. The monoisotopic (exact) mass is 463 g/mol. The van der Waals surface area contributed by atoms with E-state index in [1.807, 2.05) is 18.2 Å². The van der Waals surface area contributed by atoms with Crippen LogP contribution >= 0.6 is 23.1 Å². The summed E-state index contributed by atoms with van der Waals surface area (Å²) in [6.45, 7) is 7.75. The minimum absolute atomic E-state index is 0.0538. The fraction of sp³-hybridized carbons (Fsp3) is 0.348. The van der Waals surface area contributed by atoms with Crippen molar-refractivity contribution in [3.8, 4) is 0 Å². The van der Waals surface area contributed by atoms with Gasteiger partial charge in [-0.15, -0.1) is 11.3 Å². The number of nitrogens with one attached hydrogen (secondary N) is 1. The van der Waals surface area contributed by atoms with Gasteiger partial charge in [0.05, 0.1) is 11.9 Å². The maximum atomic E-state index is 12.8. The van der Waals surface area contributed by atoms with E-state index in [2.05, 4.69) is 20.1 Å². The number of nitrogens with zero attached hydrogens (tertiary/aromatic N) is 4. The van der Waals surface area contributed by atoms with Crippen molar-refractivity contribution in [3.63, 3.8) is 0 Å². The lowest BCUT2D eigenvalue weighted by molar-refractivity contribution is -0.134. The molecule has 1 unspecified atom stereocenters. The molecule has 1 N–H and O–H groups in total. The van der Waals surface area contributed by atoms with Crippen molar-refractivity contribution in [1.29, 1.82) is 0 Å². The lowest BCUT2D eigenvalue weighted by Crippen LogP contribution is -2.36. The molecule has 2 aliphatic rings. The van der Waals surface area contributed by atoms with Gasteiger partial charge in [0.25, 0.3) is 0 Å². The molecule has 1 atom stereocenters. The van der Waals surface area contributed by atoms with Crippen LogP contribution in [0.15, 0.2) is 29.4 Å². The zero-order valence-electron chi connectivity index (χ0n) is 17.6. The Morgan fingerprint density at radius 3 is 3.09 bits per heavy atom. The summed E-state index contributed by atoms with van der Waals surface area (Å²) in [5.74, 6) is 0.828. The third kappa shape index (κ3) is 3.85. The molecular formula is C23H21N5O2S2. The first kappa shape index (κ1) is 20.9. The Hall–Kier alpha value is -2.96. The van der Waals surface area contributed by atoms with Gasteiger partial charge >= 0.3 is 0 Å². The molecule has 3 aromatic rings. The molecule has 1 amide bonds. The standard InChI is InChI=1S/C23H21N5O2S2/c1-24-7-8-28(2)23(30)14-4-6-16-18(9-14)32-22-20(16)21(25-12-26-22)27-15-5-3-13-10-19(29)31-17(13)11-15/h3,5,11-12,14H,4,6-10H2,2H3,(H,25,26,27). The highest BCUT2D eigenvalue weighted by atomic mass is 32.2. The number of aromatic nitrogens is 2. The van der Waals surface area contributed by atoms with E-state index in [1.54, 1.807) is 29.6 Å². The molecule has 7 nitrogen and oxygen atoms in total. The van der Waals surface area contributed by atoms with E-state index in [4.69, 9.17) is 6.57 Å². The summed E-state index contributed by atoms with van der Waals surface area (Å²) in [4.78, 5) is 41.7. The highest BCUT2D eigenvalue weighted by molar-refractivity contribution is 8.14. The van der Waals surface area contributed by atoms with E-state index in [0.717, 1.165) is 45.0 Å². The normalized spacial score (nSPS) is 17.0. The molecule has 0 fully saturated rings. The average Bonchev–Trinajstić information content (AvgIpc) is 3.35. The first-order chi connectivity index (χ1) is 15.5. The predicted octanol–water partition coefficient (Wildman–Crippen LogP) is 4.09. The van der Waals surface area contributed by atoms with Crippen molar-refractivity contribution in [2.24, 2.45) is 5.92 Å². The van der Waals surface area contributed by atoms with Crippen LogP contribution in [0.4, 0.5) is 11.5 Å². The minimum atomic E-state index is -0.0538. The molecule has 0 bridgehead atoms. The molecule has 9 heteroatoms. The topological polar surface area (TPSA) is 79.6 Å². The molecule has 162 valence electrons. The summed E-state index contributed by atoms with van der Waals surface area (Å²) in [6, 6.07) is 5.99. The Bertz CT molecular complexity index is 1280. The number of carbonyl (C=O) groups excluding carboxylic acids is 2. The summed E-state index contributed by atoms with van der Waals surface area (Å²) in [6.07, 6.45) is 4.35. The summed E-state index contributed by atoms with van der Waals surface area (Å²) < 4.78 is 0. The Morgan fingerprint density at radius 2 is 2.25 bits per heavy atom. The minimum Gasteiger partial charge on any atom is -0.340 e. The predicted molar refractivity (Wildman–Crippen MR) is 126 cm³/mol. The lowest BCUT2D eigenvalue weighted by Gasteiger charge is -2.25. The number of amides is 1.